The number of rotatable bonds is 13. The average Bonchev–Trinajstić information content (AvgIpc) is 2.82. The Hall–Kier alpha value is -2.29. The van der Waals surface area contributed by atoms with E-state index < -0.39 is 13.7 Å². The number of unbranched alkanes of at least 4 members (excludes halogenated alkanes) is 1. The van der Waals surface area contributed by atoms with Gasteiger partial charge < -0.3 is 9.16 Å². The van der Waals surface area contributed by atoms with Crippen molar-refractivity contribution in [2.75, 3.05) is 13.2 Å². The first-order chi connectivity index (χ1) is 16.2. The average molecular weight is 483 g/mol. The SMILES string of the molecule is CCCCC(C#[N+]O)(c1ccccc1)c1ccc(OCCO[Si](C(C)C)(C(C)C)C(C)C)cc1. The first kappa shape index (κ1) is 27.9. The third-order valence-electron chi connectivity index (χ3n) is 7.17. The summed E-state index contributed by atoms with van der Waals surface area (Å²) in [5, 5.41) is 12.9. The van der Waals surface area contributed by atoms with E-state index in [4.69, 9.17) is 9.16 Å². The van der Waals surface area contributed by atoms with Crippen LogP contribution in [0.1, 0.15) is 78.9 Å². The van der Waals surface area contributed by atoms with Gasteiger partial charge in [-0.25, -0.2) is 0 Å². The van der Waals surface area contributed by atoms with E-state index in [0.717, 1.165) is 36.1 Å². The molecule has 1 atom stereocenters. The molecule has 0 aliphatic rings. The fourth-order valence-corrected chi connectivity index (χ4v) is 11.0. The Balaban J connectivity index is 2.17. The molecule has 0 amide bonds. The van der Waals surface area contributed by atoms with Crippen molar-refractivity contribution in [3.05, 3.63) is 70.7 Å². The van der Waals surface area contributed by atoms with Crippen molar-refractivity contribution in [3.63, 3.8) is 0 Å². The molecular weight excluding hydrogens is 438 g/mol. The Kier molecular flexibility index (Phi) is 10.7. The molecule has 0 spiro atoms. The van der Waals surface area contributed by atoms with Gasteiger partial charge >= 0.3 is 6.07 Å². The van der Waals surface area contributed by atoms with Gasteiger partial charge in [0, 0.05) is 0 Å². The Labute approximate surface area is 208 Å². The van der Waals surface area contributed by atoms with Crippen molar-refractivity contribution in [3.8, 4) is 11.8 Å². The minimum absolute atomic E-state index is 0.532. The summed E-state index contributed by atoms with van der Waals surface area (Å²) >= 11 is 0. The van der Waals surface area contributed by atoms with Gasteiger partial charge in [0.05, 0.1) is 6.61 Å². The van der Waals surface area contributed by atoms with Gasteiger partial charge in [-0.3, -0.25) is 0 Å². The predicted octanol–water partition coefficient (Wildman–Crippen LogP) is 8.46. The molecule has 0 heterocycles. The van der Waals surface area contributed by atoms with Crippen LogP contribution in [0, 0.1) is 6.07 Å². The van der Waals surface area contributed by atoms with Crippen molar-refractivity contribution < 1.29 is 14.4 Å². The maximum atomic E-state index is 9.48. The largest absolute Gasteiger partial charge is 0.491 e. The van der Waals surface area contributed by atoms with Gasteiger partial charge in [0.15, 0.2) is 13.7 Å². The summed E-state index contributed by atoms with van der Waals surface area (Å²) in [7, 11) is -1.88. The highest BCUT2D eigenvalue weighted by Gasteiger charge is 2.45. The zero-order valence-electron chi connectivity index (χ0n) is 22.2. The lowest BCUT2D eigenvalue weighted by Crippen LogP contribution is -2.48. The maximum Gasteiger partial charge on any atom is 0.366 e. The smallest absolute Gasteiger partial charge is 0.366 e. The Morgan fingerprint density at radius 2 is 1.41 bits per heavy atom. The molecule has 1 N–H and O–H groups in total. The highest BCUT2D eigenvalue weighted by Crippen LogP contribution is 2.42. The van der Waals surface area contributed by atoms with Gasteiger partial charge in [0.25, 0.3) is 0 Å². The quantitative estimate of drug-likeness (QED) is 0.177. The molecule has 0 radical (unpaired) electrons. The topological polar surface area (TPSA) is 43.0 Å². The number of hydrogen-bond donors (Lipinski definition) is 1. The first-order valence-electron chi connectivity index (χ1n) is 12.8. The van der Waals surface area contributed by atoms with Gasteiger partial charge in [-0.05, 0) is 46.3 Å². The number of nitrogens with zero attached hydrogens (tertiary/aromatic N) is 1. The molecule has 2 aromatic carbocycles. The zero-order chi connectivity index (χ0) is 25.2. The van der Waals surface area contributed by atoms with Gasteiger partial charge in [-0.1, -0.05) is 104 Å². The van der Waals surface area contributed by atoms with Crippen molar-refractivity contribution >= 4 is 8.32 Å². The van der Waals surface area contributed by atoms with Crippen LogP contribution in [-0.4, -0.2) is 26.7 Å². The van der Waals surface area contributed by atoms with E-state index >= 15 is 0 Å². The van der Waals surface area contributed by atoms with E-state index in [0.29, 0.717) is 29.8 Å². The molecule has 2 rings (SSSR count). The summed E-state index contributed by atoms with van der Waals surface area (Å²) in [4.78, 5) is 0. The van der Waals surface area contributed by atoms with Crippen LogP contribution in [-0.2, 0) is 9.84 Å². The molecule has 186 valence electrons. The summed E-state index contributed by atoms with van der Waals surface area (Å²) in [6.45, 7) is 17.1. The van der Waals surface area contributed by atoms with Gasteiger partial charge in [0.1, 0.15) is 12.4 Å². The van der Waals surface area contributed by atoms with Crippen LogP contribution >= 0.6 is 0 Å². The van der Waals surface area contributed by atoms with Crippen LogP contribution in [0.25, 0.3) is 5.01 Å². The lowest BCUT2D eigenvalue weighted by Gasteiger charge is -2.42. The van der Waals surface area contributed by atoms with Gasteiger partial charge in [-0.2, -0.15) is 5.21 Å². The maximum absolute atomic E-state index is 9.48. The van der Waals surface area contributed by atoms with E-state index in [9.17, 15) is 5.21 Å². The third-order valence-corrected chi connectivity index (χ3v) is 13.3. The number of hydrogen-bond acceptors (Lipinski definition) is 3. The van der Waals surface area contributed by atoms with Crippen LogP contribution < -0.4 is 4.74 Å². The Morgan fingerprint density at radius 3 is 1.91 bits per heavy atom. The molecule has 0 saturated carbocycles. The monoisotopic (exact) mass is 482 g/mol. The van der Waals surface area contributed by atoms with E-state index in [1.165, 1.54) is 0 Å². The summed E-state index contributed by atoms with van der Waals surface area (Å²) in [5.41, 5.74) is 3.20. The standard InChI is InChI=1S/C29H43NO3Si/c1-8-9-19-29(22-30-31,26-13-11-10-12-14-26)27-15-17-28(18-16-27)32-20-21-33-34(23(2)3,24(4)5)25(6)7/h10-18,23-25H,8-9,19-21H2,1-7H3/p+1. The first-order valence-corrected chi connectivity index (χ1v) is 14.9. The molecule has 0 aromatic heterocycles. The van der Waals surface area contributed by atoms with Crippen molar-refractivity contribution in [2.24, 2.45) is 0 Å². The summed E-state index contributed by atoms with van der Waals surface area (Å²) in [5.74, 6) is 0.816. The van der Waals surface area contributed by atoms with Crippen LogP contribution in [0.4, 0.5) is 0 Å². The van der Waals surface area contributed by atoms with E-state index in [2.05, 4.69) is 83.8 Å². The highest BCUT2D eigenvalue weighted by molar-refractivity contribution is 6.77. The number of benzene rings is 2. The molecule has 0 aliphatic carbocycles. The van der Waals surface area contributed by atoms with Crippen molar-refractivity contribution in [1.82, 2.24) is 0 Å². The van der Waals surface area contributed by atoms with Crippen LogP contribution in [0.15, 0.2) is 54.6 Å². The molecule has 34 heavy (non-hydrogen) atoms. The Morgan fingerprint density at radius 1 is 0.853 bits per heavy atom. The van der Waals surface area contributed by atoms with E-state index in [1.807, 2.05) is 30.3 Å². The minimum atomic E-state index is -1.88. The summed E-state index contributed by atoms with van der Waals surface area (Å²) < 4.78 is 12.7. The van der Waals surface area contributed by atoms with E-state index in [1.54, 1.807) is 0 Å². The van der Waals surface area contributed by atoms with Crippen LogP contribution in [0.2, 0.25) is 16.6 Å². The van der Waals surface area contributed by atoms with Crippen LogP contribution in [0.5, 0.6) is 5.75 Å². The third kappa shape index (κ3) is 6.23. The molecule has 2 aromatic rings. The molecule has 0 aliphatic heterocycles. The fourth-order valence-electron chi connectivity index (χ4n) is 5.60. The van der Waals surface area contributed by atoms with Gasteiger partial charge in [-0.15, -0.1) is 0 Å². The highest BCUT2D eigenvalue weighted by atomic mass is 28.4. The lowest BCUT2D eigenvalue weighted by molar-refractivity contribution is 0.198. The second-order valence-electron chi connectivity index (χ2n) is 10.1. The zero-order valence-corrected chi connectivity index (χ0v) is 23.2. The molecule has 4 nitrogen and oxygen atoms in total. The molecule has 0 bridgehead atoms. The predicted molar refractivity (Wildman–Crippen MR) is 145 cm³/mol. The normalized spacial score (nSPS) is 13.6. The summed E-state index contributed by atoms with van der Waals surface area (Å²) in [6.07, 6.45) is 2.87. The molecule has 5 heteroatoms. The minimum Gasteiger partial charge on any atom is -0.491 e. The molecule has 0 saturated heterocycles. The second kappa shape index (κ2) is 13.0. The Bertz CT molecular complexity index is 894. The number of ether oxygens (including phenoxy) is 1. The van der Waals surface area contributed by atoms with Crippen molar-refractivity contribution in [1.29, 1.82) is 0 Å². The summed E-state index contributed by atoms with van der Waals surface area (Å²) in [6, 6.07) is 21.3. The fraction of sp³-hybridized carbons (Fsp3) is 0.552. The van der Waals surface area contributed by atoms with E-state index in [-0.39, 0.29) is 0 Å². The van der Waals surface area contributed by atoms with Crippen LogP contribution in [0.3, 0.4) is 0 Å². The van der Waals surface area contributed by atoms with Crippen molar-refractivity contribution in [2.45, 2.75) is 89.8 Å². The molecule has 1 unspecified atom stereocenters. The lowest BCUT2D eigenvalue weighted by atomic mass is 9.72. The van der Waals surface area contributed by atoms with Gasteiger partial charge in [0.2, 0.25) is 5.01 Å². The second-order valence-corrected chi connectivity index (χ2v) is 15.6. The molecular formula is C29H44NO3Si+. The molecule has 0 fully saturated rings.